The van der Waals surface area contributed by atoms with Gasteiger partial charge in [-0.3, -0.25) is 11.3 Å². The average molecular weight is 293 g/mol. The minimum absolute atomic E-state index is 0.0412. The summed E-state index contributed by atoms with van der Waals surface area (Å²) in [5, 5.41) is 3.11. The number of rotatable bonds is 6. The highest BCUT2D eigenvalue weighted by molar-refractivity contribution is 7.09. The van der Waals surface area contributed by atoms with E-state index in [1.807, 2.05) is 25.1 Å². The van der Waals surface area contributed by atoms with E-state index in [4.69, 9.17) is 15.3 Å². The molecular weight excluding hydrogens is 274 g/mol. The molecule has 1 unspecified atom stereocenters. The summed E-state index contributed by atoms with van der Waals surface area (Å²) in [5.41, 5.74) is 4.87. The van der Waals surface area contributed by atoms with Crippen molar-refractivity contribution in [3.8, 4) is 11.5 Å². The maximum absolute atomic E-state index is 5.69. The summed E-state index contributed by atoms with van der Waals surface area (Å²) in [6, 6.07) is 5.70. The Morgan fingerprint density at radius 3 is 2.35 bits per heavy atom. The minimum Gasteiger partial charge on any atom is -0.497 e. The summed E-state index contributed by atoms with van der Waals surface area (Å²) in [4.78, 5) is 4.47. The second kappa shape index (κ2) is 6.69. The third-order valence-electron chi connectivity index (χ3n) is 3.06. The zero-order valence-electron chi connectivity index (χ0n) is 11.8. The molecule has 1 heterocycles. The fourth-order valence-corrected chi connectivity index (χ4v) is 2.64. The molecule has 5 nitrogen and oxygen atoms in total. The number of hydrazine groups is 1. The predicted molar refractivity (Wildman–Crippen MR) is 80.2 cm³/mol. The highest BCUT2D eigenvalue weighted by atomic mass is 32.1. The number of nitrogens with two attached hydrogens (primary N) is 1. The Morgan fingerprint density at radius 1 is 1.25 bits per heavy atom. The van der Waals surface area contributed by atoms with Crippen LogP contribution in [0.5, 0.6) is 11.5 Å². The monoisotopic (exact) mass is 293 g/mol. The number of aromatic nitrogens is 1. The van der Waals surface area contributed by atoms with E-state index >= 15 is 0 Å². The van der Waals surface area contributed by atoms with Crippen molar-refractivity contribution in [1.29, 1.82) is 0 Å². The molecule has 1 aromatic heterocycles. The SMILES string of the molecule is COc1cc(OC)cc(C(Cc2csc(C)n2)NN)c1. The van der Waals surface area contributed by atoms with Gasteiger partial charge in [0, 0.05) is 17.9 Å². The van der Waals surface area contributed by atoms with Gasteiger partial charge in [-0.2, -0.15) is 0 Å². The van der Waals surface area contributed by atoms with E-state index in [1.54, 1.807) is 25.6 Å². The standard InChI is InChI=1S/C14H19N3O2S/c1-9-16-11(8-20-9)6-14(17-15)10-4-12(18-2)7-13(5-10)19-3/h4-5,7-8,14,17H,6,15H2,1-3H3. The Kier molecular flexibility index (Phi) is 4.94. The van der Waals surface area contributed by atoms with Crippen LogP contribution in [0.2, 0.25) is 0 Å². The average Bonchev–Trinajstić information content (AvgIpc) is 2.89. The topological polar surface area (TPSA) is 69.4 Å². The van der Waals surface area contributed by atoms with E-state index in [9.17, 15) is 0 Å². The summed E-state index contributed by atoms with van der Waals surface area (Å²) < 4.78 is 10.6. The highest BCUT2D eigenvalue weighted by Crippen LogP contribution is 2.28. The predicted octanol–water partition coefficient (Wildman–Crippen LogP) is 2.22. The van der Waals surface area contributed by atoms with Crippen molar-refractivity contribution >= 4 is 11.3 Å². The third-order valence-corrected chi connectivity index (χ3v) is 3.88. The molecule has 20 heavy (non-hydrogen) atoms. The van der Waals surface area contributed by atoms with Crippen LogP contribution < -0.4 is 20.7 Å². The molecule has 0 aliphatic rings. The number of nitrogens with zero attached hydrogens (tertiary/aromatic N) is 1. The molecule has 0 aliphatic heterocycles. The van der Waals surface area contributed by atoms with Crippen molar-refractivity contribution in [1.82, 2.24) is 10.4 Å². The molecule has 2 aromatic rings. The fraction of sp³-hybridized carbons (Fsp3) is 0.357. The van der Waals surface area contributed by atoms with Crippen LogP contribution in [0.4, 0.5) is 0 Å². The highest BCUT2D eigenvalue weighted by Gasteiger charge is 2.15. The molecule has 6 heteroatoms. The Labute approximate surface area is 122 Å². The van der Waals surface area contributed by atoms with Crippen LogP contribution in [0.15, 0.2) is 23.6 Å². The second-order valence-corrected chi connectivity index (χ2v) is 5.49. The van der Waals surface area contributed by atoms with Crippen LogP contribution in [-0.4, -0.2) is 19.2 Å². The van der Waals surface area contributed by atoms with Crippen LogP contribution >= 0.6 is 11.3 Å². The fourth-order valence-electron chi connectivity index (χ4n) is 2.01. The summed E-state index contributed by atoms with van der Waals surface area (Å²) >= 11 is 1.64. The van der Waals surface area contributed by atoms with Gasteiger partial charge < -0.3 is 9.47 Å². The molecule has 1 atom stereocenters. The molecule has 3 N–H and O–H groups in total. The van der Waals surface area contributed by atoms with Crippen LogP contribution in [0, 0.1) is 6.92 Å². The first kappa shape index (κ1) is 14.8. The van der Waals surface area contributed by atoms with Gasteiger partial charge in [0.25, 0.3) is 0 Å². The number of thiazole rings is 1. The minimum atomic E-state index is -0.0412. The second-order valence-electron chi connectivity index (χ2n) is 4.43. The molecule has 1 aromatic carbocycles. The number of hydrogen-bond donors (Lipinski definition) is 2. The number of benzene rings is 1. The molecule has 0 radical (unpaired) electrons. The van der Waals surface area contributed by atoms with Crippen LogP contribution in [0.3, 0.4) is 0 Å². The first-order valence-electron chi connectivity index (χ1n) is 6.26. The van der Waals surface area contributed by atoms with Crippen molar-refractivity contribution in [2.24, 2.45) is 5.84 Å². The van der Waals surface area contributed by atoms with Crippen molar-refractivity contribution in [3.05, 3.63) is 39.8 Å². The largest absolute Gasteiger partial charge is 0.497 e. The Bertz CT molecular complexity index is 549. The summed E-state index contributed by atoms with van der Waals surface area (Å²) in [5.74, 6) is 7.18. The van der Waals surface area contributed by atoms with Crippen LogP contribution in [-0.2, 0) is 6.42 Å². The lowest BCUT2D eigenvalue weighted by atomic mass is 10.0. The maximum atomic E-state index is 5.69. The van der Waals surface area contributed by atoms with Crippen LogP contribution in [0.25, 0.3) is 0 Å². The molecule has 108 valence electrons. The summed E-state index contributed by atoms with van der Waals surface area (Å²) in [7, 11) is 3.26. The van der Waals surface area contributed by atoms with Gasteiger partial charge in [-0.25, -0.2) is 4.98 Å². The molecule has 0 spiro atoms. The van der Waals surface area contributed by atoms with E-state index in [2.05, 4.69) is 15.8 Å². The molecule has 0 aliphatic carbocycles. The lowest BCUT2D eigenvalue weighted by Gasteiger charge is -2.17. The first-order chi connectivity index (χ1) is 9.66. The van der Waals surface area contributed by atoms with Crippen molar-refractivity contribution in [3.63, 3.8) is 0 Å². The number of aryl methyl sites for hydroxylation is 1. The van der Waals surface area contributed by atoms with Gasteiger partial charge in [0.05, 0.1) is 31.0 Å². The Morgan fingerprint density at radius 2 is 1.90 bits per heavy atom. The van der Waals surface area contributed by atoms with Crippen molar-refractivity contribution < 1.29 is 9.47 Å². The van der Waals surface area contributed by atoms with E-state index in [-0.39, 0.29) is 6.04 Å². The number of methoxy groups -OCH3 is 2. The van der Waals surface area contributed by atoms with Crippen LogP contribution in [0.1, 0.15) is 22.3 Å². The van der Waals surface area contributed by atoms with Gasteiger partial charge in [0.15, 0.2) is 0 Å². The molecule has 0 fully saturated rings. The number of ether oxygens (including phenoxy) is 2. The molecule has 0 saturated carbocycles. The van der Waals surface area contributed by atoms with E-state index in [1.165, 1.54) is 0 Å². The van der Waals surface area contributed by atoms with E-state index < -0.39 is 0 Å². The van der Waals surface area contributed by atoms with Gasteiger partial charge in [-0.05, 0) is 24.6 Å². The first-order valence-corrected chi connectivity index (χ1v) is 7.14. The summed E-state index contributed by atoms with van der Waals surface area (Å²) in [6.45, 7) is 1.99. The van der Waals surface area contributed by atoms with Gasteiger partial charge in [0.2, 0.25) is 0 Å². The van der Waals surface area contributed by atoms with Gasteiger partial charge in [0.1, 0.15) is 11.5 Å². The molecule has 0 saturated heterocycles. The Balaban J connectivity index is 2.26. The molecule has 0 amide bonds. The summed E-state index contributed by atoms with van der Waals surface area (Å²) in [6.07, 6.45) is 0.719. The molecular formula is C14H19N3O2S. The zero-order valence-corrected chi connectivity index (χ0v) is 12.7. The lowest BCUT2D eigenvalue weighted by molar-refractivity contribution is 0.391. The van der Waals surface area contributed by atoms with Gasteiger partial charge in [-0.1, -0.05) is 0 Å². The van der Waals surface area contributed by atoms with Gasteiger partial charge >= 0.3 is 0 Å². The maximum Gasteiger partial charge on any atom is 0.122 e. The quantitative estimate of drug-likeness (QED) is 0.631. The zero-order chi connectivity index (χ0) is 14.5. The van der Waals surface area contributed by atoms with E-state index in [0.29, 0.717) is 0 Å². The normalized spacial score (nSPS) is 12.2. The van der Waals surface area contributed by atoms with Gasteiger partial charge in [-0.15, -0.1) is 11.3 Å². The molecule has 2 rings (SSSR count). The lowest BCUT2D eigenvalue weighted by Crippen LogP contribution is -2.29. The number of hydrogen-bond acceptors (Lipinski definition) is 6. The Hall–Kier alpha value is -1.63. The molecule has 0 bridgehead atoms. The van der Waals surface area contributed by atoms with E-state index in [0.717, 1.165) is 34.2 Å². The van der Waals surface area contributed by atoms with Crippen molar-refractivity contribution in [2.75, 3.05) is 14.2 Å². The van der Waals surface area contributed by atoms with Crippen molar-refractivity contribution in [2.45, 2.75) is 19.4 Å². The third kappa shape index (κ3) is 3.47. The number of nitrogens with one attached hydrogen (secondary N) is 1. The smallest absolute Gasteiger partial charge is 0.122 e.